The van der Waals surface area contributed by atoms with E-state index < -0.39 is 0 Å². The number of benzene rings is 1. The summed E-state index contributed by atoms with van der Waals surface area (Å²) in [5, 5.41) is 0. The van der Waals surface area contributed by atoms with E-state index in [1.54, 1.807) is 0 Å². The monoisotopic (exact) mass is 228 g/mol. The SMILES string of the molecule is Cc1ccc(N)cc1N1CCn2ccnc2C1. The summed E-state index contributed by atoms with van der Waals surface area (Å²) in [5.74, 6) is 1.12. The van der Waals surface area contributed by atoms with Gasteiger partial charge in [-0.15, -0.1) is 0 Å². The molecule has 17 heavy (non-hydrogen) atoms. The molecule has 0 unspecified atom stereocenters. The molecule has 2 aromatic rings. The molecule has 2 N–H and O–H groups in total. The standard InChI is InChI=1S/C13H16N4/c1-10-2-3-11(14)8-12(10)17-7-6-16-5-4-15-13(16)9-17/h2-5,8H,6-7,9,14H2,1H3. The van der Waals surface area contributed by atoms with E-state index in [4.69, 9.17) is 5.73 Å². The lowest BCUT2D eigenvalue weighted by Gasteiger charge is -2.30. The molecule has 4 nitrogen and oxygen atoms in total. The zero-order valence-electron chi connectivity index (χ0n) is 9.93. The van der Waals surface area contributed by atoms with Crippen LogP contribution in [0.1, 0.15) is 11.4 Å². The highest BCUT2D eigenvalue weighted by atomic mass is 15.2. The summed E-state index contributed by atoms with van der Waals surface area (Å²) in [4.78, 5) is 6.72. The summed E-state index contributed by atoms with van der Waals surface area (Å²) in [6.45, 7) is 4.98. The molecule has 1 aliphatic heterocycles. The fourth-order valence-corrected chi connectivity index (χ4v) is 2.35. The van der Waals surface area contributed by atoms with Crippen LogP contribution in [0.4, 0.5) is 11.4 Å². The van der Waals surface area contributed by atoms with Crippen molar-refractivity contribution in [2.24, 2.45) is 0 Å². The maximum Gasteiger partial charge on any atom is 0.128 e. The number of fused-ring (bicyclic) bond motifs is 1. The van der Waals surface area contributed by atoms with Gasteiger partial charge in [-0.1, -0.05) is 6.07 Å². The van der Waals surface area contributed by atoms with Gasteiger partial charge in [-0.05, 0) is 24.6 Å². The van der Waals surface area contributed by atoms with Crippen molar-refractivity contribution < 1.29 is 0 Å². The third-order valence-corrected chi connectivity index (χ3v) is 3.32. The van der Waals surface area contributed by atoms with Gasteiger partial charge in [0.15, 0.2) is 0 Å². The van der Waals surface area contributed by atoms with Crippen LogP contribution in [0.2, 0.25) is 0 Å². The first kappa shape index (κ1) is 10.2. The van der Waals surface area contributed by atoms with Crippen molar-refractivity contribution in [3.63, 3.8) is 0 Å². The molecule has 0 saturated carbocycles. The molecule has 0 atom stereocenters. The Morgan fingerprint density at radius 1 is 1.29 bits per heavy atom. The lowest BCUT2D eigenvalue weighted by molar-refractivity contribution is 0.559. The van der Waals surface area contributed by atoms with Crippen LogP contribution in [0, 0.1) is 6.92 Å². The fourth-order valence-electron chi connectivity index (χ4n) is 2.35. The maximum absolute atomic E-state index is 5.86. The zero-order chi connectivity index (χ0) is 11.8. The zero-order valence-corrected chi connectivity index (χ0v) is 9.93. The van der Waals surface area contributed by atoms with Crippen LogP contribution >= 0.6 is 0 Å². The molecule has 1 aromatic heterocycles. The first-order chi connectivity index (χ1) is 8.24. The average Bonchev–Trinajstić information content (AvgIpc) is 2.79. The van der Waals surface area contributed by atoms with Gasteiger partial charge in [0.1, 0.15) is 5.82 Å². The van der Waals surface area contributed by atoms with Crippen molar-refractivity contribution in [1.29, 1.82) is 0 Å². The first-order valence-corrected chi connectivity index (χ1v) is 5.85. The van der Waals surface area contributed by atoms with E-state index in [0.29, 0.717) is 0 Å². The van der Waals surface area contributed by atoms with Crippen LogP contribution in [-0.2, 0) is 13.1 Å². The lowest BCUT2D eigenvalue weighted by atomic mass is 10.1. The number of nitrogen functional groups attached to an aromatic ring is 1. The van der Waals surface area contributed by atoms with Crippen molar-refractivity contribution in [2.45, 2.75) is 20.0 Å². The van der Waals surface area contributed by atoms with Crippen molar-refractivity contribution in [1.82, 2.24) is 9.55 Å². The average molecular weight is 228 g/mol. The normalized spacial score (nSPS) is 14.8. The van der Waals surface area contributed by atoms with Gasteiger partial charge >= 0.3 is 0 Å². The molecule has 3 rings (SSSR count). The van der Waals surface area contributed by atoms with Gasteiger partial charge < -0.3 is 15.2 Å². The molecular weight excluding hydrogens is 212 g/mol. The number of nitrogens with two attached hydrogens (primary N) is 1. The van der Waals surface area contributed by atoms with Crippen molar-refractivity contribution in [2.75, 3.05) is 17.2 Å². The molecule has 0 saturated heterocycles. The molecule has 1 aromatic carbocycles. The Hall–Kier alpha value is -1.97. The van der Waals surface area contributed by atoms with Crippen molar-refractivity contribution >= 4 is 11.4 Å². The quantitative estimate of drug-likeness (QED) is 0.757. The second-order valence-electron chi connectivity index (χ2n) is 4.50. The Labute approximate surface area is 101 Å². The number of aromatic nitrogens is 2. The highest BCUT2D eigenvalue weighted by Gasteiger charge is 2.18. The molecule has 0 spiro atoms. The van der Waals surface area contributed by atoms with E-state index in [1.807, 2.05) is 24.5 Å². The summed E-state index contributed by atoms with van der Waals surface area (Å²) in [6.07, 6.45) is 3.91. The number of anilines is 2. The Balaban J connectivity index is 1.94. The summed E-state index contributed by atoms with van der Waals surface area (Å²) in [7, 11) is 0. The second-order valence-corrected chi connectivity index (χ2v) is 4.50. The van der Waals surface area contributed by atoms with E-state index in [-0.39, 0.29) is 0 Å². The molecule has 4 heteroatoms. The van der Waals surface area contributed by atoms with Gasteiger partial charge in [0.05, 0.1) is 6.54 Å². The topological polar surface area (TPSA) is 47.1 Å². The summed E-state index contributed by atoms with van der Waals surface area (Å²) >= 11 is 0. The van der Waals surface area contributed by atoms with Crippen molar-refractivity contribution in [3.05, 3.63) is 42.0 Å². The molecule has 2 heterocycles. The van der Waals surface area contributed by atoms with Gasteiger partial charge in [0, 0.05) is 36.9 Å². The van der Waals surface area contributed by atoms with E-state index in [2.05, 4.69) is 27.4 Å². The van der Waals surface area contributed by atoms with Crippen LogP contribution in [0.5, 0.6) is 0 Å². The summed E-state index contributed by atoms with van der Waals surface area (Å²) in [6, 6.07) is 6.07. The minimum atomic E-state index is 0.819. The number of rotatable bonds is 1. The van der Waals surface area contributed by atoms with Gasteiger partial charge in [-0.25, -0.2) is 4.98 Å². The molecule has 88 valence electrons. The molecule has 0 fully saturated rings. The number of hydrogen-bond donors (Lipinski definition) is 1. The Bertz CT molecular complexity index is 544. The molecular formula is C13H16N4. The molecule has 1 aliphatic rings. The van der Waals surface area contributed by atoms with Gasteiger partial charge in [0.2, 0.25) is 0 Å². The molecule has 0 amide bonds. The highest BCUT2D eigenvalue weighted by molar-refractivity contribution is 5.61. The maximum atomic E-state index is 5.86. The van der Waals surface area contributed by atoms with E-state index in [9.17, 15) is 0 Å². The van der Waals surface area contributed by atoms with Gasteiger partial charge in [0.25, 0.3) is 0 Å². The van der Waals surface area contributed by atoms with E-state index >= 15 is 0 Å². The smallest absolute Gasteiger partial charge is 0.128 e. The third kappa shape index (κ3) is 1.75. The lowest BCUT2D eigenvalue weighted by Crippen LogP contribution is -2.34. The Morgan fingerprint density at radius 3 is 3.06 bits per heavy atom. The third-order valence-electron chi connectivity index (χ3n) is 3.32. The molecule has 0 aliphatic carbocycles. The second kappa shape index (κ2) is 3.80. The minimum absolute atomic E-state index is 0.819. The number of nitrogens with zero attached hydrogens (tertiary/aromatic N) is 3. The Morgan fingerprint density at radius 2 is 2.18 bits per heavy atom. The van der Waals surface area contributed by atoms with E-state index in [0.717, 1.165) is 31.1 Å². The van der Waals surface area contributed by atoms with Crippen LogP contribution in [0.3, 0.4) is 0 Å². The fraction of sp³-hybridized carbons (Fsp3) is 0.308. The van der Waals surface area contributed by atoms with Crippen molar-refractivity contribution in [3.8, 4) is 0 Å². The molecule has 0 radical (unpaired) electrons. The van der Waals surface area contributed by atoms with Crippen LogP contribution in [0.15, 0.2) is 30.6 Å². The number of imidazole rings is 1. The number of hydrogen-bond acceptors (Lipinski definition) is 3. The largest absolute Gasteiger partial charge is 0.399 e. The van der Waals surface area contributed by atoms with E-state index in [1.165, 1.54) is 11.3 Å². The van der Waals surface area contributed by atoms with Crippen LogP contribution in [-0.4, -0.2) is 16.1 Å². The van der Waals surface area contributed by atoms with Crippen LogP contribution in [0.25, 0.3) is 0 Å². The summed E-state index contributed by atoms with van der Waals surface area (Å²) in [5.41, 5.74) is 9.16. The predicted octanol–water partition coefficient (Wildman–Crippen LogP) is 1.79. The number of aryl methyl sites for hydroxylation is 1. The first-order valence-electron chi connectivity index (χ1n) is 5.85. The molecule has 0 bridgehead atoms. The predicted molar refractivity (Wildman–Crippen MR) is 68.9 cm³/mol. The van der Waals surface area contributed by atoms with Crippen LogP contribution < -0.4 is 10.6 Å². The Kier molecular flexibility index (Phi) is 2.28. The van der Waals surface area contributed by atoms with Gasteiger partial charge in [-0.2, -0.15) is 0 Å². The van der Waals surface area contributed by atoms with Gasteiger partial charge in [-0.3, -0.25) is 0 Å². The minimum Gasteiger partial charge on any atom is -0.399 e. The summed E-state index contributed by atoms with van der Waals surface area (Å²) < 4.78 is 2.21. The highest BCUT2D eigenvalue weighted by Crippen LogP contribution is 2.26.